The van der Waals surface area contributed by atoms with Gasteiger partial charge in [-0.1, -0.05) is 0 Å². The predicted molar refractivity (Wildman–Crippen MR) is 78.4 cm³/mol. The maximum absolute atomic E-state index is 11.7. The molecular weight excluding hydrogens is 324 g/mol. The average molecular weight is 346 g/mol. The Hall–Kier alpha value is -2.00. The lowest BCUT2D eigenvalue weighted by atomic mass is 10.1. The van der Waals surface area contributed by atoms with Crippen LogP contribution in [-0.4, -0.2) is 62.8 Å². The Morgan fingerprint density at radius 2 is 1.58 bits per heavy atom. The highest BCUT2D eigenvalue weighted by Crippen LogP contribution is 2.04. The second kappa shape index (κ2) is 12.4. The van der Waals surface area contributed by atoms with Crippen LogP contribution in [0.2, 0.25) is 0 Å². The van der Waals surface area contributed by atoms with Crippen LogP contribution in [0, 0.1) is 7.11 Å². The fourth-order valence-electron chi connectivity index (χ4n) is 1.31. The van der Waals surface area contributed by atoms with Crippen molar-refractivity contribution >= 4 is 23.7 Å². The number of hydrogen-bond donors (Lipinski definition) is 0. The number of carbonyl (C=O) groups excluding carboxylic acids is 4. The van der Waals surface area contributed by atoms with Crippen LogP contribution in [0.15, 0.2) is 0 Å². The van der Waals surface area contributed by atoms with Crippen molar-refractivity contribution in [2.24, 2.45) is 0 Å². The van der Waals surface area contributed by atoms with Crippen LogP contribution in [-0.2, 0) is 42.9 Å². The summed E-state index contributed by atoms with van der Waals surface area (Å²) in [5, 5.41) is 0. The van der Waals surface area contributed by atoms with Crippen LogP contribution >= 0.6 is 0 Å². The summed E-state index contributed by atoms with van der Waals surface area (Å²) in [5.41, 5.74) is 0. The van der Waals surface area contributed by atoms with Gasteiger partial charge >= 0.3 is 17.9 Å². The molecule has 0 aromatic carbocycles. The van der Waals surface area contributed by atoms with Crippen LogP contribution in [0.5, 0.6) is 0 Å². The molecule has 136 valence electrons. The van der Waals surface area contributed by atoms with Crippen molar-refractivity contribution in [3.05, 3.63) is 7.11 Å². The Balaban J connectivity index is 3.98. The van der Waals surface area contributed by atoms with Crippen molar-refractivity contribution in [2.75, 3.05) is 26.9 Å². The molecule has 9 heteroatoms. The van der Waals surface area contributed by atoms with Crippen LogP contribution in [0.1, 0.15) is 26.7 Å². The molecule has 2 radical (unpaired) electrons. The lowest BCUT2D eigenvalue weighted by Gasteiger charge is -2.14. The van der Waals surface area contributed by atoms with E-state index in [2.05, 4.69) is 18.9 Å². The van der Waals surface area contributed by atoms with Gasteiger partial charge in [-0.05, 0) is 13.8 Å². The molecule has 0 bridgehead atoms. The summed E-state index contributed by atoms with van der Waals surface area (Å²) in [4.78, 5) is 45.7. The third-order valence-corrected chi connectivity index (χ3v) is 2.76. The minimum Gasteiger partial charge on any atom is -0.461 e. The summed E-state index contributed by atoms with van der Waals surface area (Å²) in [6, 6.07) is 0. The molecule has 0 fully saturated rings. The molecule has 0 spiro atoms. The normalized spacial score (nSPS) is 12.8. The van der Waals surface area contributed by atoms with Gasteiger partial charge in [0.25, 0.3) is 0 Å². The van der Waals surface area contributed by atoms with E-state index in [9.17, 15) is 19.2 Å². The van der Waals surface area contributed by atoms with Crippen molar-refractivity contribution in [2.45, 2.75) is 38.9 Å². The molecule has 0 saturated heterocycles. The molecular formula is C15H22O9. The van der Waals surface area contributed by atoms with Crippen molar-refractivity contribution in [3.63, 3.8) is 0 Å². The van der Waals surface area contributed by atoms with Gasteiger partial charge in [0.1, 0.15) is 13.7 Å². The second-order valence-electron chi connectivity index (χ2n) is 4.70. The summed E-state index contributed by atoms with van der Waals surface area (Å²) in [6.07, 6.45) is -2.52. The van der Waals surface area contributed by atoms with Crippen molar-refractivity contribution < 1.29 is 42.9 Å². The van der Waals surface area contributed by atoms with Crippen LogP contribution in [0.25, 0.3) is 0 Å². The number of rotatable bonds is 12. The van der Waals surface area contributed by atoms with E-state index in [1.165, 1.54) is 21.0 Å². The zero-order valence-electron chi connectivity index (χ0n) is 13.9. The number of esters is 3. The van der Waals surface area contributed by atoms with Crippen LogP contribution in [0.4, 0.5) is 0 Å². The topological polar surface area (TPSA) is 114 Å². The van der Waals surface area contributed by atoms with Gasteiger partial charge < -0.3 is 23.7 Å². The lowest BCUT2D eigenvalue weighted by Crippen LogP contribution is -2.30. The molecule has 0 amide bonds. The third-order valence-electron chi connectivity index (χ3n) is 2.76. The molecule has 9 nitrogen and oxygen atoms in total. The van der Waals surface area contributed by atoms with Crippen LogP contribution < -0.4 is 0 Å². The minimum atomic E-state index is -1.05. The Kier molecular flexibility index (Phi) is 11.4. The highest BCUT2D eigenvalue weighted by molar-refractivity contribution is 5.88. The van der Waals surface area contributed by atoms with Gasteiger partial charge in [-0.2, -0.15) is 0 Å². The highest BCUT2D eigenvalue weighted by atomic mass is 16.6. The smallest absolute Gasteiger partial charge is 0.344 e. The molecule has 2 atom stereocenters. The number of Topliss-reactive ketones (excluding diaryl/α,β-unsaturated/α-hetero) is 1. The molecule has 0 aromatic rings. The van der Waals surface area contributed by atoms with E-state index in [-0.39, 0.29) is 26.1 Å². The number of ether oxygens (including phenoxy) is 5. The van der Waals surface area contributed by atoms with Gasteiger partial charge in [0.2, 0.25) is 0 Å². The molecule has 0 heterocycles. The molecule has 0 rings (SSSR count). The molecule has 2 unspecified atom stereocenters. The molecule has 0 aliphatic rings. The van der Waals surface area contributed by atoms with Gasteiger partial charge in [0.15, 0.2) is 24.6 Å². The van der Waals surface area contributed by atoms with E-state index < -0.39 is 42.5 Å². The van der Waals surface area contributed by atoms with E-state index in [0.29, 0.717) is 0 Å². The molecule has 0 aliphatic carbocycles. The number of methoxy groups -OCH3 is 1. The first-order valence-electron chi connectivity index (χ1n) is 7.20. The fraction of sp³-hybridized carbons (Fsp3) is 0.667. The highest BCUT2D eigenvalue weighted by Gasteiger charge is 2.22. The zero-order valence-corrected chi connectivity index (χ0v) is 13.9. The van der Waals surface area contributed by atoms with Gasteiger partial charge in [-0.25, -0.2) is 9.59 Å². The lowest BCUT2D eigenvalue weighted by molar-refractivity contribution is -0.163. The molecule has 24 heavy (non-hydrogen) atoms. The monoisotopic (exact) mass is 346 g/mol. The Bertz CT molecular complexity index is 433. The number of carbonyl (C=O) groups is 4. The molecule has 0 aromatic heterocycles. The molecule has 0 saturated carbocycles. The van der Waals surface area contributed by atoms with Crippen molar-refractivity contribution in [3.8, 4) is 0 Å². The molecule has 0 N–H and O–H groups in total. The number of hydrogen-bond acceptors (Lipinski definition) is 9. The van der Waals surface area contributed by atoms with Crippen molar-refractivity contribution in [1.82, 2.24) is 0 Å². The minimum absolute atomic E-state index is 0.0548. The zero-order chi connectivity index (χ0) is 18.5. The van der Waals surface area contributed by atoms with E-state index in [1.807, 2.05) is 0 Å². The van der Waals surface area contributed by atoms with Gasteiger partial charge in [0, 0.05) is 13.5 Å². The summed E-state index contributed by atoms with van der Waals surface area (Å²) >= 11 is 0. The first-order valence-corrected chi connectivity index (χ1v) is 7.20. The van der Waals surface area contributed by atoms with E-state index in [4.69, 9.17) is 11.8 Å². The summed E-state index contributed by atoms with van der Waals surface area (Å²) in [5.74, 6) is -2.74. The van der Waals surface area contributed by atoms with Crippen molar-refractivity contribution in [1.29, 1.82) is 0 Å². The first kappa shape index (κ1) is 22.0. The van der Waals surface area contributed by atoms with Gasteiger partial charge in [-0.15, -0.1) is 0 Å². The Morgan fingerprint density at radius 1 is 0.917 bits per heavy atom. The largest absolute Gasteiger partial charge is 0.461 e. The third kappa shape index (κ3) is 9.90. The summed E-state index contributed by atoms with van der Waals surface area (Å²) in [6.45, 7) is 2.47. The maximum atomic E-state index is 11.7. The number of ketones is 1. The SMILES string of the molecule is [CH]OC(C)C(=O)OC(C)C(=O)CCC(=O)OCC(=O)OCCOC. The van der Waals surface area contributed by atoms with Gasteiger partial charge in [-0.3, -0.25) is 9.59 Å². The Morgan fingerprint density at radius 3 is 2.17 bits per heavy atom. The first-order chi connectivity index (χ1) is 11.3. The van der Waals surface area contributed by atoms with E-state index in [1.54, 1.807) is 0 Å². The fourth-order valence-corrected chi connectivity index (χ4v) is 1.31. The second-order valence-corrected chi connectivity index (χ2v) is 4.70. The summed E-state index contributed by atoms with van der Waals surface area (Å²) in [7, 11) is 6.28. The van der Waals surface area contributed by atoms with Crippen LogP contribution in [0.3, 0.4) is 0 Å². The molecule has 0 aliphatic heterocycles. The van der Waals surface area contributed by atoms with Gasteiger partial charge in [0.05, 0.1) is 13.0 Å². The summed E-state index contributed by atoms with van der Waals surface area (Å²) < 4.78 is 23.1. The quantitative estimate of drug-likeness (QED) is 0.275. The van der Waals surface area contributed by atoms with E-state index >= 15 is 0 Å². The standard InChI is InChI=1S/C15H22O9/c1-10(24-15(19)11(2)21-4)12(16)5-6-13(17)23-9-14(18)22-8-7-20-3/h4,10-11H,5-9H2,1-3H3. The predicted octanol–water partition coefficient (Wildman–Crippen LogP) is 0.0739. The van der Waals surface area contributed by atoms with E-state index in [0.717, 1.165) is 0 Å². The maximum Gasteiger partial charge on any atom is 0.344 e. The average Bonchev–Trinajstić information content (AvgIpc) is 2.56. The Labute approximate surface area is 140 Å².